The Kier molecular flexibility index (Phi) is 3.42. The van der Waals surface area contributed by atoms with E-state index in [0.29, 0.717) is 36.3 Å². The van der Waals surface area contributed by atoms with Crippen LogP contribution in [-0.2, 0) is 5.60 Å². The Hall–Kier alpha value is -2.28. The first kappa shape index (κ1) is 13.7. The van der Waals surface area contributed by atoms with E-state index in [1.54, 1.807) is 30.2 Å². The number of aromatic nitrogens is 4. The summed E-state index contributed by atoms with van der Waals surface area (Å²) in [5.74, 6) is -0.109. The number of nitrogens with zero attached hydrogens (tertiary/aromatic N) is 4. The van der Waals surface area contributed by atoms with E-state index in [-0.39, 0.29) is 12.5 Å². The largest absolute Gasteiger partial charge is 0.382 e. The molecule has 0 aromatic carbocycles. The van der Waals surface area contributed by atoms with E-state index >= 15 is 0 Å². The van der Waals surface area contributed by atoms with E-state index < -0.39 is 5.60 Å². The number of aromatic amines is 1. The molecule has 2 N–H and O–H groups in total. The number of carbonyl (C=O) groups excluding carboxylic acids is 1. The van der Waals surface area contributed by atoms with E-state index in [1.165, 1.54) is 6.20 Å². The molecule has 1 atom stereocenters. The van der Waals surface area contributed by atoms with Gasteiger partial charge >= 0.3 is 0 Å². The Labute approximate surface area is 122 Å². The minimum Gasteiger partial charge on any atom is -0.382 e. The van der Waals surface area contributed by atoms with Crippen molar-refractivity contribution in [2.45, 2.75) is 25.4 Å². The van der Waals surface area contributed by atoms with Gasteiger partial charge in [0.2, 0.25) is 0 Å². The van der Waals surface area contributed by atoms with Crippen molar-refractivity contribution in [2.24, 2.45) is 0 Å². The monoisotopic (exact) mass is 287 g/mol. The van der Waals surface area contributed by atoms with Gasteiger partial charge in [-0.05, 0) is 31.9 Å². The molecule has 21 heavy (non-hydrogen) atoms. The van der Waals surface area contributed by atoms with Gasteiger partial charge in [-0.25, -0.2) is 0 Å². The predicted octanol–water partition coefficient (Wildman–Crippen LogP) is 0.632. The highest BCUT2D eigenvalue weighted by Crippen LogP contribution is 2.30. The van der Waals surface area contributed by atoms with E-state index in [4.69, 9.17) is 0 Å². The average molecular weight is 287 g/mol. The van der Waals surface area contributed by atoms with Crippen molar-refractivity contribution in [1.29, 1.82) is 0 Å². The van der Waals surface area contributed by atoms with Gasteiger partial charge in [0.15, 0.2) is 0 Å². The zero-order valence-corrected chi connectivity index (χ0v) is 11.8. The number of amides is 1. The summed E-state index contributed by atoms with van der Waals surface area (Å²) in [6.07, 6.45) is 4.45. The summed E-state index contributed by atoms with van der Waals surface area (Å²) in [7, 11) is 0. The molecule has 0 saturated carbocycles. The Morgan fingerprint density at radius 1 is 1.52 bits per heavy atom. The van der Waals surface area contributed by atoms with Crippen molar-refractivity contribution in [2.75, 3.05) is 13.1 Å². The predicted molar refractivity (Wildman–Crippen MR) is 74.4 cm³/mol. The second-order valence-electron chi connectivity index (χ2n) is 5.35. The van der Waals surface area contributed by atoms with Gasteiger partial charge < -0.3 is 10.0 Å². The summed E-state index contributed by atoms with van der Waals surface area (Å²) in [5.41, 5.74) is 0.597. The lowest BCUT2D eigenvalue weighted by Gasteiger charge is -2.38. The third-order valence-corrected chi connectivity index (χ3v) is 3.89. The van der Waals surface area contributed by atoms with Crippen molar-refractivity contribution < 1.29 is 9.90 Å². The molecule has 1 amide bonds. The molecule has 7 heteroatoms. The average Bonchev–Trinajstić information content (AvgIpc) is 3.02. The molecule has 2 aromatic heterocycles. The highest BCUT2D eigenvalue weighted by molar-refractivity contribution is 5.95. The van der Waals surface area contributed by atoms with Crippen molar-refractivity contribution in [3.63, 3.8) is 0 Å². The maximum Gasteiger partial charge on any atom is 0.255 e. The Morgan fingerprint density at radius 3 is 3.10 bits per heavy atom. The zero-order chi connectivity index (χ0) is 14.9. The van der Waals surface area contributed by atoms with Crippen LogP contribution in [0.1, 0.15) is 34.6 Å². The second kappa shape index (κ2) is 5.25. The number of carbonyl (C=O) groups is 1. The maximum absolute atomic E-state index is 12.6. The Balaban J connectivity index is 1.84. The Morgan fingerprint density at radius 2 is 2.38 bits per heavy atom. The highest BCUT2D eigenvalue weighted by Gasteiger charge is 2.39. The van der Waals surface area contributed by atoms with Gasteiger partial charge in [0.25, 0.3) is 5.91 Å². The molecule has 0 unspecified atom stereocenters. The van der Waals surface area contributed by atoms with Gasteiger partial charge in [0.05, 0.1) is 18.3 Å². The van der Waals surface area contributed by atoms with Crippen LogP contribution in [0, 0.1) is 6.92 Å². The lowest BCUT2D eigenvalue weighted by atomic mass is 9.89. The second-order valence-corrected chi connectivity index (χ2v) is 5.35. The van der Waals surface area contributed by atoms with Gasteiger partial charge in [-0.2, -0.15) is 15.4 Å². The molecule has 1 fully saturated rings. The molecular formula is C14H17N5O2. The summed E-state index contributed by atoms with van der Waals surface area (Å²) >= 11 is 0. The molecule has 1 saturated heterocycles. The Bertz CT molecular complexity index is 643. The summed E-state index contributed by atoms with van der Waals surface area (Å²) in [5, 5.41) is 20.9. The quantitative estimate of drug-likeness (QED) is 0.845. The number of hydrogen-bond acceptors (Lipinski definition) is 5. The van der Waals surface area contributed by atoms with Crippen molar-refractivity contribution in [3.8, 4) is 0 Å². The van der Waals surface area contributed by atoms with Gasteiger partial charge in [-0.15, -0.1) is 0 Å². The number of nitrogens with one attached hydrogen (secondary N) is 1. The molecule has 0 spiro atoms. The molecule has 3 heterocycles. The van der Waals surface area contributed by atoms with Crippen LogP contribution in [0.5, 0.6) is 0 Å². The standard InChI is InChI=1S/C14H17N5O2/c1-10-11(4-2-6-15-10)13(20)19-7-3-5-14(21,9-19)12-8-16-18-17-12/h2,4,6,8,21H,3,5,7,9H2,1H3,(H,16,17,18)/t14-/m1/s1. The topological polar surface area (TPSA) is 95.0 Å². The summed E-state index contributed by atoms with van der Waals surface area (Å²) in [6, 6.07) is 3.50. The summed E-state index contributed by atoms with van der Waals surface area (Å²) < 4.78 is 0. The van der Waals surface area contributed by atoms with Crippen LogP contribution in [0.3, 0.4) is 0 Å². The number of likely N-dealkylation sites (tertiary alicyclic amines) is 1. The molecule has 1 aliphatic rings. The van der Waals surface area contributed by atoms with Crippen LogP contribution < -0.4 is 0 Å². The first-order valence-corrected chi connectivity index (χ1v) is 6.90. The number of pyridine rings is 1. The van der Waals surface area contributed by atoms with Gasteiger partial charge in [-0.3, -0.25) is 9.78 Å². The van der Waals surface area contributed by atoms with Crippen LogP contribution >= 0.6 is 0 Å². The van der Waals surface area contributed by atoms with Gasteiger partial charge in [-0.1, -0.05) is 0 Å². The minimum atomic E-state index is -1.14. The van der Waals surface area contributed by atoms with E-state index in [2.05, 4.69) is 20.4 Å². The number of β-amino-alcohol motifs (C(OH)–C–C–N with tert-alkyl or cyclic N) is 1. The van der Waals surface area contributed by atoms with E-state index in [0.717, 1.165) is 0 Å². The number of hydrogen-bond donors (Lipinski definition) is 2. The molecule has 1 aliphatic heterocycles. The van der Waals surface area contributed by atoms with E-state index in [9.17, 15) is 9.90 Å². The minimum absolute atomic E-state index is 0.109. The highest BCUT2D eigenvalue weighted by atomic mass is 16.3. The third kappa shape index (κ3) is 2.52. The van der Waals surface area contributed by atoms with Crippen LogP contribution in [0.15, 0.2) is 24.5 Å². The number of piperidine rings is 1. The van der Waals surface area contributed by atoms with Crippen LogP contribution in [0.25, 0.3) is 0 Å². The molecule has 7 nitrogen and oxygen atoms in total. The summed E-state index contributed by atoms with van der Waals surface area (Å²) in [4.78, 5) is 18.4. The first-order chi connectivity index (χ1) is 10.1. The molecule has 0 aliphatic carbocycles. The lowest BCUT2D eigenvalue weighted by Crippen LogP contribution is -2.48. The lowest BCUT2D eigenvalue weighted by molar-refractivity contribution is -0.0320. The van der Waals surface area contributed by atoms with Crippen molar-refractivity contribution >= 4 is 5.91 Å². The molecule has 2 aromatic rings. The SMILES string of the molecule is Cc1ncccc1C(=O)N1CCC[C@](O)(c2cn[nH]n2)C1. The maximum atomic E-state index is 12.6. The number of rotatable bonds is 2. The third-order valence-electron chi connectivity index (χ3n) is 3.89. The number of aryl methyl sites for hydroxylation is 1. The number of aliphatic hydroxyl groups is 1. The fourth-order valence-electron chi connectivity index (χ4n) is 2.73. The van der Waals surface area contributed by atoms with Gasteiger partial charge in [0.1, 0.15) is 11.3 Å². The molecule has 0 bridgehead atoms. The van der Waals surface area contributed by atoms with Crippen LogP contribution in [0.2, 0.25) is 0 Å². The van der Waals surface area contributed by atoms with E-state index in [1.807, 2.05) is 0 Å². The zero-order valence-electron chi connectivity index (χ0n) is 11.8. The molecule has 3 rings (SSSR count). The smallest absolute Gasteiger partial charge is 0.255 e. The van der Waals surface area contributed by atoms with Crippen molar-refractivity contribution in [1.82, 2.24) is 25.3 Å². The molecular weight excluding hydrogens is 270 g/mol. The fourth-order valence-corrected chi connectivity index (χ4v) is 2.73. The molecule has 0 radical (unpaired) electrons. The van der Waals surface area contributed by atoms with Crippen LogP contribution in [-0.4, -0.2) is 49.4 Å². The first-order valence-electron chi connectivity index (χ1n) is 6.90. The number of H-pyrrole nitrogens is 1. The van der Waals surface area contributed by atoms with Crippen molar-refractivity contribution in [3.05, 3.63) is 41.5 Å². The van der Waals surface area contributed by atoms with Crippen LogP contribution in [0.4, 0.5) is 0 Å². The van der Waals surface area contributed by atoms with Gasteiger partial charge in [0, 0.05) is 18.4 Å². The summed E-state index contributed by atoms with van der Waals surface area (Å²) in [6.45, 7) is 2.64. The fraction of sp³-hybridized carbons (Fsp3) is 0.429. The normalized spacial score (nSPS) is 22.3. The molecule has 110 valence electrons.